The summed E-state index contributed by atoms with van der Waals surface area (Å²) in [4.78, 5) is 26.6. The zero-order valence-electron chi connectivity index (χ0n) is 18.4. The van der Waals surface area contributed by atoms with Gasteiger partial charge in [-0.2, -0.15) is 5.26 Å². The van der Waals surface area contributed by atoms with E-state index in [1.165, 1.54) is 17.9 Å². The Morgan fingerprint density at radius 2 is 1.97 bits per heavy atom. The second-order valence-corrected chi connectivity index (χ2v) is 8.36. The number of benzene rings is 2. The molecule has 0 bridgehead atoms. The van der Waals surface area contributed by atoms with Gasteiger partial charge in [0.25, 0.3) is 0 Å². The summed E-state index contributed by atoms with van der Waals surface area (Å²) in [6.07, 6.45) is 0.0369. The van der Waals surface area contributed by atoms with Crippen molar-refractivity contribution < 1.29 is 18.7 Å². The molecule has 2 aliphatic rings. The first kappa shape index (κ1) is 22.4. The van der Waals surface area contributed by atoms with E-state index in [1.807, 2.05) is 35.2 Å². The maximum Gasteiger partial charge on any atom is 0.414 e. The number of hydrogen-bond acceptors (Lipinski definition) is 6. The van der Waals surface area contributed by atoms with Gasteiger partial charge in [-0.1, -0.05) is 18.2 Å². The number of nitrogens with one attached hydrogen (secondary N) is 2. The van der Waals surface area contributed by atoms with Gasteiger partial charge in [-0.05, 0) is 30.3 Å². The monoisotopic (exact) mass is 451 g/mol. The third-order valence-electron chi connectivity index (χ3n) is 6.02. The van der Waals surface area contributed by atoms with E-state index in [1.54, 1.807) is 12.1 Å². The van der Waals surface area contributed by atoms with Gasteiger partial charge < -0.3 is 20.3 Å². The summed E-state index contributed by atoms with van der Waals surface area (Å²) in [5, 5.41) is 15.8. The molecule has 2 amide bonds. The van der Waals surface area contributed by atoms with Crippen LogP contribution >= 0.6 is 0 Å². The van der Waals surface area contributed by atoms with E-state index in [-0.39, 0.29) is 19.0 Å². The molecule has 0 aliphatic carbocycles. The first-order valence-electron chi connectivity index (χ1n) is 10.9. The number of nitriles is 1. The van der Waals surface area contributed by atoms with Crippen molar-refractivity contribution in [3.8, 4) is 6.07 Å². The molecule has 172 valence electrons. The first-order chi connectivity index (χ1) is 15.9. The van der Waals surface area contributed by atoms with Gasteiger partial charge in [0, 0.05) is 38.5 Å². The molecule has 4 rings (SSSR count). The van der Waals surface area contributed by atoms with Crippen molar-refractivity contribution in [2.24, 2.45) is 0 Å². The average Bonchev–Trinajstić information content (AvgIpc) is 3.19. The van der Waals surface area contributed by atoms with Crippen LogP contribution in [0.1, 0.15) is 19.8 Å². The first-order valence-corrected chi connectivity index (χ1v) is 10.9. The minimum atomic E-state index is -0.698. The number of rotatable bonds is 6. The lowest BCUT2D eigenvalue weighted by Gasteiger charge is -2.39. The van der Waals surface area contributed by atoms with Gasteiger partial charge in [0.2, 0.25) is 5.91 Å². The second kappa shape index (κ2) is 9.36. The molecule has 0 spiro atoms. The Morgan fingerprint density at radius 1 is 1.24 bits per heavy atom. The van der Waals surface area contributed by atoms with E-state index < -0.39 is 23.6 Å². The molecule has 2 aromatic rings. The third kappa shape index (κ3) is 5.00. The van der Waals surface area contributed by atoms with Gasteiger partial charge in [0.1, 0.15) is 17.5 Å². The van der Waals surface area contributed by atoms with Crippen LogP contribution in [0.4, 0.5) is 26.2 Å². The Bertz CT molecular complexity index is 1060. The zero-order chi connectivity index (χ0) is 23.4. The van der Waals surface area contributed by atoms with Crippen LogP contribution in [0.15, 0.2) is 48.5 Å². The fourth-order valence-corrected chi connectivity index (χ4v) is 4.21. The summed E-state index contributed by atoms with van der Waals surface area (Å²) >= 11 is 0. The predicted octanol–water partition coefficient (Wildman–Crippen LogP) is 3.26. The van der Waals surface area contributed by atoms with Crippen LogP contribution in [-0.4, -0.2) is 49.8 Å². The summed E-state index contributed by atoms with van der Waals surface area (Å²) in [6, 6.07) is 16.7. The molecule has 8 nitrogen and oxygen atoms in total. The lowest BCUT2D eigenvalue weighted by Crippen LogP contribution is -2.48. The molecule has 2 aliphatic heterocycles. The van der Waals surface area contributed by atoms with Crippen LogP contribution in [0.3, 0.4) is 0 Å². The van der Waals surface area contributed by atoms with Crippen LogP contribution in [0.5, 0.6) is 0 Å². The van der Waals surface area contributed by atoms with Gasteiger partial charge >= 0.3 is 6.09 Å². The zero-order valence-corrected chi connectivity index (χ0v) is 18.4. The van der Waals surface area contributed by atoms with Gasteiger partial charge in [-0.25, -0.2) is 9.18 Å². The Hall–Kier alpha value is -3.80. The number of anilines is 3. The fourth-order valence-electron chi connectivity index (χ4n) is 4.21. The molecule has 9 heteroatoms. The van der Waals surface area contributed by atoms with Crippen LogP contribution in [0, 0.1) is 17.1 Å². The normalized spacial score (nSPS) is 19.5. The topological polar surface area (TPSA) is 97.7 Å². The molecular weight excluding hydrogens is 425 g/mol. The predicted molar refractivity (Wildman–Crippen MR) is 123 cm³/mol. The summed E-state index contributed by atoms with van der Waals surface area (Å²) in [5.41, 5.74) is 1.03. The van der Waals surface area contributed by atoms with E-state index in [0.717, 1.165) is 5.69 Å². The van der Waals surface area contributed by atoms with Gasteiger partial charge in [-0.3, -0.25) is 9.69 Å². The quantitative estimate of drug-likeness (QED) is 0.700. The van der Waals surface area contributed by atoms with Crippen molar-refractivity contribution in [3.63, 3.8) is 0 Å². The number of piperidine rings is 1. The van der Waals surface area contributed by atoms with Crippen molar-refractivity contribution in [3.05, 3.63) is 54.3 Å². The lowest BCUT2D eigenvalue weighted by atomic mass is 9.88. The van der Waals surface area contributed by atoms with Crippen LogP contribution < -0.4 is 20.4 Å². The highest BCUT2D eigenvalue weighted by molar-refractivity contribution is 5.90. The number of amides is 2. The van der Waals surface area contributed by atoms with Gasteiger partial charge in [-0.15, -0.1) is 0 Å². The molecule has 2 N–H and O–H groups in total. The molecule has 2 heterocycles. The van der Waals surface area contributed by atoms with Gasteiger partial charge in [0.15, 0.2) is 0 Å². The number of halogens is 1. The highest BCUT2D eigenvalue weighted by Crippen LogP contribution is 2.33. The number of carbonyl (C=O) groups excluding carboxylic acids is 2. The molecule has 1 atom stereocenters. The number of para-hydroxylation sites is 1. The maximum absolute atomic E-state index is 15.0. The van der Waals surface area contributed by atoms with E-state index in [0.29, 0.717) is 37.3 Å². The van der Waals surface area contributed by atoms with Crippen molar-refractivity contribution in [2.75, 3.05) is 41.3 Å². The number of nitrogens with zero attached hydrogens (tertiary/aromatic N) is 3. The molecule has 33 heavy (non-hydrogen) atoms. The van der Waals surface area contributed by atoms with E-state index in [4.69, 9.17) is 4.74 Å². The maximum atomic E-state index is 15.0. The average molecular weight is 452 g/mol. The molecule has 0 radical (unpaired) electrons. The highest BCUT2D eigenvalue weighted by Gasteiger charge is 2.36. The largest absolute Gasteiger partial charge is 0.442 e. The van der Waals surface area contributed by atoms with Crippen molar-refractivity contribution in [1.29, 1.82) is 5.26 Å². The van der Waals surface area contributed by atoms with Crippen LogP contribution in [0.2, 0.25) is 0 Å². The van der Waals surface area contributed by atoms with Crippen LogP contribution in [0.25, 0.3) is 0 Å². The number of cyclic esters (lactones) is 1. The number of carbonyl (C=O) groups is 2. The summed E-state index contributed by atoms with van der Waals surface area (Å²) < 4.78 is 20.3. The van der Waals surface area contributed by atoms with Crippen molar-refractivity contribution in [1.82, 2.24) is 5.32 Å². The van der Waals surface area contributed by atoms with E-state index >= 15 is 4.39 Å². The summed E-state index contributed by atoms with van der Waals surface area (Å²) in [7, 11) is 0. The van der Waals surface area contributed by atoms with Gasteiger partial charge in [0.05, 0.1) is 30.5 Å². The minimum absolute atomic E-state index is 0.208. The summed E-state index contributed by atoms with van der Waals surface area (Å²) in [5.74, 6) is -0.646. The SMILES string of the molecule is CC(=O)NCC1CN(c2ccc(N3CCC(C#N)(Nc4ccccc4)CC3)c(F)c2)C(=O)O1. The highest BCUT2D eigenvalue weighted by atomic mass is 19.1. The second-order valence-electron chi connectivity index (χ2n) is 8.36. The Morgan fingerprint density at radius 3 is 2.61 bits per heavy atom. The molecular formula is C24H26FN5O3. The Kier molecular flexibility index (Phi) is 6.36. The summed E-state index contributed by atoms with van der Waals surface area (Å²) in [6.45, 7) is 2.88. The van der Waals surface area contributed by atoms with E-state index in [9.17, 15) is 14.9 Å². The van der Waals surface area contributed by atoms with Crippen LogP contribution in [-0.2, 0) is 9.53 Å². The molecule has 2 fully saturated rings. The molecule has 0 saturated carbocycles. The third-order valence-corrected chi connectivity index (χ3v) is 6.02. The Labute approximate surface area is 191 Å². The molecule has 1 unspecified atom stereocenters. The lowest BCUT2D eigenvalue weighted by molar-refractivity contribution is -0.119. The Balaban J connectivity index is 1.40. The van der Waals surface area contributed by atoms with Crippen molar-refractivity contribution in [2.45, 2.75) is 31.4 Å². The number of hydrogen-bond donors (Lipinski definition) is 2. The number of ether oxygens (including phenoxy) is 1. The standard InChI is InChI=1S/C24H26FN5O3/c1-17(31)27-14-20-15-30(23(32)33-20)19-7-8-22(21(25)13-19)29-11-9-24(16-26,10-12-29)28-18-5-3-2-4-6-18/h2-8,13,20,28H,9-12,14-15H2,1H3,(H,27,31). The molecule has 2 aromatic carbocycles. The molecule has 0 aromatic heterocycles. The van der Waals surface area contributed by atoms with E-state index in [2.05, 4.69) is 16.7 Å². The molecule has 2 saturated heterocycles. The van der Waals surface area contributed by atoms with Crippen molar-refractivity contribution >= 4 is 29.1 Å². The fraction of sp³-hybridized carbons (Fsp3) is 0.375. The smallest absolute Gasteiger partial charge is 0.414 e. The minimum Gasteiger partial charge on any atom is -0.442 e.